The number of benzene rings is 1. The maximum atomic E-state index is 12.0. The Morgan fingerprint density at radius 1 is 1.19 bits per heavy atom. The van der Waals surface area contributed by atoms with Gasteiger partial charge in [0.05, 0.1) is 6.61 Å². The molecule has 1 saturated heterocycles. The molecule has 2 N–H and O–H groups in total. The maximum absolute atomic E-state index is 12.0. The molecule has 1 aromatic rings. The van der Waals surface area contributed by atoms with Crippen LogP contribution in [0.1, 0.15) is 5.56 Å². The molecule has 0 aromatic heterocycles. The van der Waals surface area contributed by atoms with E-state index in [1.807, 2.05) is 29.2 Å². The number of halogens is 1. The molecule has 0 saturated carbocycles. The van der Waals surface area contributed by atoms with Crippen LogP contribution in [0.25, 0.3) is 0 Å². The standard InChI is InChI=1S/C15H22ClN3O2/c16-14-3-1-13(2-4-14)5-6-17-15(21)19-9-7-18(8-10-19)11-12-20/h1-4,20H,5-12H2,(H,17,21). The third-order valence-corrected chi connectivity index (χ3v) is 3.93. The van der Waals surface area contributed by atoms with Crippen molar-refractivity contribution in [1.29, 1.82) is 0 Å². The normalized spacial score (nSPS) is 16.0. The lowest BCUT2D eigenvalue weighted by Gasteiger charge is -2.34. The van der Waals surface area contributed by atoms with Gasteiger partial charge < -0.3 is 15.3 Å². The van der Waals surface area contributed by atoms with Gasteiger partial charge in [0.15, 0.2) is 0 Å². The smallest absolute Gasteiger partial charge is 0.317 e. The van der Waals surface area contributed by atoms with Gasteiger partial charge in [-0.05, 0) is 24.1 Å². The fourth-order valence-electron chi connectivity index (χ4n) is 2.39. The number of hydrogen-bond donors (Lipinski definition) is 2. The summed E-state index contributed by atoms with van der Waals surface area (Å²) in [5, 5.41) is 12.6. The van der Waals surface area contributed by atoms with Crippen molar-refractivity contribution < 1.29 is 9.90 Å². The first-order valence-electron chi connectivity index (χ1n) is 7.29. The van der Waals surface area contributed by atoms with Crippen LogP contribution in [0.4, 0.5) is 4.79 Å². The van der Waals surface area contributed by atoms with Crippen molar-refractivity contribution in [2.24, 2.45) is 0 Å². The summed E-state index contributed by atoms with van der Waals surface area (Å²) < 4.78 is 0. The minimum atomic E-state index is -0.00684. The molecule has 5 nitrogen and oxygen atoms in total. The van der Waals surface area contributed by atoms with E-state index in [1.54, 1.807) is 0 Å². The van der Waals surface area contributed by atoms with Crippen LogP contribution in [-0.4, -0.2) is 66.8 Å². The fraction of sp³-hybridized carbons (Fsp3) is 0.533. The second-order valence-corrected chi connectivity index (χ2v) is 5.60. The zero-order chi connectivity index (χ0) is 15.1. The number of carbonyl (C=O) groups is 1. The third kappa shape index (κ3) is 5.19. The van der Waals surface area contributed by atoms with Gasteiger partial charge in [0.1, 0.15) is 0 Å². The van der Waals surface area contributed by atoms with Gasteiger partial charge in [-0.2, -0.15) is 0 Å². The first kappa shape index (κ1) is 16.1. The number of piperazine rings is 1. The minimum absolute atomic E-state index is 0.00684. The van der Waals surface area contributed by atoms with Crippen LogP contribution in [0.5, 0.6) is 0 Å². The first-order chi connectivity index (χ1) is 10.2. The molecular weight excluding hydrogens is 290 g/mol. The van der Waals surface area contributed by atoms with Gasteiger partial charge in [0.25, 0.3) is 0 Å². The summed E-state index contributed by atoms with van der Waals surface area (Å²) >= 11 is 5.84. The summed E-state index contributed by atoms with van der Waals surface area (Å²) in [5.41, 5.74) is 1.16. The summed E-state index contributed by atoms with van der Waals surface area (Å²) in [6, 6.07) is 7.66. The lowest BCUT2D eigenvalue weighted by Crippen LogP contribution is -2.52. The Labute approximate surface area is 130 Å². The Hall–Kier alpha value is -1.30. The van der Waals surface area contributed by atoms with E-state index in [4.69, 9.17) is 16.7 Å². The number of β-amino-alcohol motifs (C(OH)–C–C–N with tert-alkyl or cyclic N) is 1. The highest BCUT2D eigenvalue weighted by molar-refractivity contribution is 6.30. The lowest BCUT2D eigenvalue weighted by atomic mass is 10.1. The van der Waals surface area contributed by atoms with Gasteiger partial charge in [-0.1, -0.05) is 23.7 Å². The zero-order valence-corrected chi connectivity index (χ0v) is 12.9. The Morgan fingerprint density at radius 2 is 1.86 bits per heavy atom. The SMILES string of the molecule is O=C(NCCc1ccc(Cl)cc1)N1CCN(CCO)CC1. The van der Waals surface area contributed by atoms with Gasteiger partial charge in [0, 0.05) is 44.3 Å². The third-order valence-electron chi connectivity index (χ3n) is 3.68. The highest BCUT2D eigenvalue weighted by Crippen LogP contribution is 2.09. The molecule has 0 unspecified atom stereocenters. The molecule has 0 spiro atoms. The molecule has 1 heterocycles. The number of rotatable bonds is 5. The monoisotopic (exact) mass is 311 g/mol. The highest BCUT2D eigenvalue weighted by Gasteiger charge is 2.20. The molecule has 116 valence electrons. The van der Waals surface area contributed by atoms with E-state index < -0.39 is 0 Å². The molecule has 2 amide bonds. The molecule has 1 aliphatic rings. The lowest BCUT2D eigenvalue weighted by molar-refractivity contribution is 0.122. The number of carbonyl (C=O) groups excluding carboxylic acids is 1. The average Bonchev–Trinajstić information content (AvgIpc) is 2.50. The van der Waals surface area contributed by atoms with Crippen LogP contribution in [0, 0.1) is 0 Å². The van der Waals surface area contributed by atoms with Crippen LogP contribution in [0.3, 0.4) is 0 Å². The number of aliphatic hydroxyl groups is 1. The zero-order valence-electron chi connectivity index (χ0n) is 12.1. The van der Waals surface area contributed by atoms with Crippen molar-refractivity contribution in [2.45, 2.75) is 6.42 Å². The molecule has 0 aliphatic carbocycles. The molecule has 1 aromatic carbocycles. The van der Waals surface area contributed by atoms with Gasteiger partial charge in [-0.15, -0.1) is 0 Å². The van der Waals surface area contributed by atoms with E-state index >= 15 is 0 Å². The molecule has 0 atom stereocenters. The van der Waals surface area contributed by atoms with Crippen LogP contribution < -0.4 is 5.32 Å². The summed E-state index contributed by atoms with van der Waals surface area (Å²) in [6.07, 6.45) is 0.799. The quantitative estimate of drug-likeness (QED) is 0.859. The van der Waals surface area contributed by atoms with Crippen molar-refractivity contribution >= 4 is 17.6 Å². The molecular formula is C15H22ClN3O2. The van der Waals surface area contributed by atoms with E-state index in [9.17, 15) is 4.79 Å². The Bertz CT molecular complexity index is 445. The van der Waals surface area contributed by atoms with Crippen molar-refractivity contribution in [1.82, 2.24) is 15.1 Å². The van der Waals surface area contributed by atoms with Gasteiger partial charge in [0.2, 0.25) is 0 Å². The summed E-state index contributed by atoms with van der Waals surface area (Å²) in [5.74, 6) is 0. The molecule has 2 rings (SSSR count). The van der Waals surface area contributed by atoms with Crippen LogP contribution >= 0.6 is 11.6 Å². The van der Waals surface area contributed by atoms with E-state index in [-0.39, 0.29) is 12.6 Å². The topological polar surface area (TPSA) is 55.8 Å². The molecule has 21 heavy (non-hydrogen) atoms. The van der Waals surface area contributed by atoms with Crippen molar-refractivity contribution in [3.8, 4) is 0 Å². The van der Waals surface area contributed by atoms with E-state index in [2.05, 4.69) is 10.2 Å². The second-order valence-electron chi connectivity index (χ2n) is 5.16. The highest BCUT2D eigenvalue weighted by atomic mass is 35.5. The number of nitrogens with zero attached hydrogens (tertiary/aromatic N) is 2. The predicted molar refractivity (Wildman–Crippen MR) is 83.7 cm³/mol. The molecule has 1 aliphatic heterocycles. The number of nitrogens with one attached hydrogen (secondary N) is 1. The number of urea groups is 1. The molecule has 6 heteroatoms. The van der Waals surface area contributed by atoms with Crippen molar-refractivity contribution in [3.63, 3.8) is 0 Å². The largest absolute Gasteiger partial charge is 0.395 e. The second kappa shape index (κ2) is 8.22. The van der Waals surface area contributed by atoms with Crippen LogP contribution in [0.15, 0.2) is 24.3 Å². The van der Waals surface area contributed by atoms with Gasteiger partial charge in [-0.3, -0.25) is 4.90 Å². The van der Waals surface area contributed by atoms with E-state index in [0.717, 1.165) is 30.1 Å². The Morgan fingerprint density at radius 3 is 2.48 bits per heavy atom. The fourth-order valence-corrected chi connectivity index (χ4v) is 2.52. The number of hydrogen-bond acceptors (Lipinski definition) is 3. The van der Waals surface area contributed by atoms with Crippen LogP contribution in [0.2, 0.25) is 5.02 Å². The summed E-state index contributed by atoms with van der Waals surface area (Å²) in [4.78, 5) is 16.0. The number of amides is 2. The number of aliphatic hydroxyl groups excluding tert-OH is 1. The summed E-state index contributed by atoms with van der Waals surface area (Å²) in [7, 11) is 0. The van der Waals surface area contributed by atoms with Gasteiger partial charge in [-0.25, -0.2) is 4.79 Å². The van der Waals surface area contributed by atoms with Gasteiger partial charge >= 0.3 is 6.03 Å². The Balaban J connectivity index is 1.67. The predicted octanol–water partition coefficient (Wildman–Crippen LogP) is 1.20. The van der Waals surface area contributed by atoms with Crippen LogP contribution in [-0.2, 0) is 6.42 Å². The minimum Gasteiger partial charge on any atom is -0.395 e. The summed E-state index contributed by atoms with van der Waals surface area (Å²) in [6.45, 7) is 4.56. The molecule has 0 bridgehead atoms. The van der Waals surface area contributed by atoms with E-state index in [1.165, 1.54) is 0 Å². The average molecular weight is 312 g/mol. The molecule has 0 radical (unpaired) electrons. The van der Waals surface area contributed by atoms with Crippen molar-refractivity contribution in [3.05, 3.63) is 34.9 Å². The van der Waals surface area contributed by atoms with E-state index in [0.29, 0.717) is 26.2 Å². The first-order valence-corrected chi connectivity index (χ1v) is 7.67. The molecule has 1 fully saturated rings. The maximum Gasteiger partial charge on any atom is 0.317 e. The van der Waals surface area contributed by atoms with Crippen molar-refractivity contribution in [2.75, 3.05) is 45.9 Å². The Kier molecular flexibility index (Phi) is 6.29.